The number of piperidine rings is 1. The highest BCUT2D eigenvalue weighted by molar-refractivity contribution is 5.33. The number of halogens is 1. The van der Waals surface area contributed by atoms with Crippen LogP contribution in [0.2, 0.25) is 0 Å². The Morgan fingerprint density at radius 1 is 1.53 bits per heavy atom. The van der Waals surface area contributed by atoms with Crippen molar-refractivity contribution in [3.63, 3.8) is 0 Å². The van der Waals surface area contributed by atoms with Crippen LogP contribution < -0.4 is 10.5 Å². The number of hydrogen-bond donors (Lipinski definition) is 1. The van der Waals surface area contributed by atoms with Crippen LogP contribution in [0.5, 0.6) is 5.75 Å². The largest absolute Gasteiger partial charge is 0.496 e. The Balaban J connectivity index is 2.08. The molecule has 1 fully saturated rings. The van der Waals surface area contributed by atoms with Crippen molar-refractivity contribution in [2.75, 3.05) is 20.2 Å². The van der Waals surface area contributed by atoms with Gasteiger partial charge in [-0.25, -0.2) is 4.39 Å². The minimum Gasteiger partial charge on any atom is -0.496 e. The van der Waals surface area contributed by atoms with Gasteiger partial charge in [-0.05, 0) is 37.6 Å². The van der Waals surface area contributed by atoms with Crippen molar-refractivity contribution in [1.82, 2.24) is 4.90 Å². The Morgan fingerprint density at radius 2 is 2.35 bits per heavy atom. The molecule has 2 N–H and O–H groups in total. The molecule has 0 aliphatic carbocycles. The zero-order valence-corrected chi connectivity index (χ0v) is 10.2. The first kappa shape index (κ1) is 12.3. The number of ether oxygens (including phenoxy) is 1. The van der Waals surface area contributed by atoms with Crippen molar-refractivity contribution in [2.45, 2.75) is 25.4 Å². The molecular weight excluding hydrogens is 219 g/mol. The maximum Gasteiger partial charge on any atom is 0.123 e. The molecule has 4 heteroatoms. The van der Waals surface area contributed by atoms with Crippen molar-refractivity contribution >= 4 is 0 Å². The predicted octanol–water partition coefficient (Wildman–Crippen LogP) is 1.76. The van der Waals surface area contributed by atoms with E-state index in [1.165, 1.54) is 6.07 Å². The van der Waals surface area contributed by atoms with Crippen LogP contribution in [0.1, 0.15) is 18.4 Å². The highest BCUT2D eigenvalue weighted by atomic mass is 19.1. The molecule has 0 amide bonds. The zero-order chi connectivity index (χ0) is 12.3. The predicted molar refractivity (Wildman–Crippen MR) is 65.4 cm³/mol. The van der Waals surface area contributed by atoms with Gasteiger partial charge >= 0.3 is 0 Å². The molecule has 2 rings (SSSR count). The monoisotopic (exact) mass is 238 g/mol. The Hall–Kier alpha value is -1.13. The maximum absolute atomic E-state index is 13.2. The van der Waals surface area contributed by atoms with E-state index in [9.17, 15) is 4.39 Å². The van der Waals surface area contributed by atoms with Gasteiger partial charge in [-0.3, -0.25) is 4.90 Å². The first-order valence-electron chi connectivity index (χ1n) is 5.99. The second-order valence-electron chi connectivity index (χ2n) is 4.59. The van der Waals surface area contributed by atoms with Crippen LogP contribution in [0.15, 0.2) is 18.2 Å². The highest BCUT2D eigenvalue weighted by Gasteiger charge is 2.18. The first-order chi connectivity index (χ1) is 8.19. The first-order valence-corrected chi connectivity index (χ1v) is 5.99. The van der Waals surface area contributed by atoms with Gasteiger partial charge < -0.3 is 10.5 Å². The van der Waals surface area contributed by atoms with Crippen LogP contribution in [-0.4, -0.2) is 31.1 Å². The highest BCUT2D eigenvalue weighted by Crippen LogP contribution is 2.22. The Labute approximate surface area is 101 Å². The normalized spacial score (nSPS) is 21.5. The zero-order valence-electron chi connectivity index (χ0n) is 10.2. The number of methoxy groups -OCH3 is 1. The van der Waals surface area contributed by atoms with E-state index in [1.807, 2.05) is 0 Å². The average Bonchev–Trinajstić information content (AvgIpc) is 2.29. The molecule has 0 aromatic heterocycles. The van der Waals surface area contributed by atoms with Gasteiger partial charge in [0.15, 0.2) is 0 Å². The molecule has 94 valence electrons. The van der Waals surface area contributed by atoms with Gasteiger partial charge in [-0.1, -0.05) is 0 Å². The summed E-state index contributed by atoms with van der Waals surface area (Å²) >= 11 is 0. The van der Waals surface area contributed by atoms with Gasteiger partial charge in [0.2, 0.25) is 0 Å². The van der Waals surface area contributed by atoms with E-state index in [0.717, 1.165) is 37.2 Å². The van der Waals surface area contributed by atoms with E-state index < -0.39 is 0 Å². The average molecular weight is 238 g/mol. The molecule has 1 aliphatic heterocycles. The fourth-order valence-corrected chi connectivity index (χ4v) is 2.35. The smallest absolute Gasteiger partial charge is 0.123 e. The molecule has 0 saturated carbocycles. The molecule has 0 radical (unpaired) electrons. The molecule has 17 heavy (non-hydrogen) atoms. The van der Waals surface area contributed by atoms with E-state index >= 15 is 0 Å². The fourth-order valence-electron chi connectivity index (χ4n) is 2.35. The van der Waals surface area contributed by atoms with Gasteiger partial charge in [0.1, 0.15) is 11.6 Å². The van der Waals surface area contributed by atoms with Crippen LogP contribution in [0.25, 0.3) is 0 Å². The standard InChI is InChI=1S/C13H19FN2O/c1-17-13-5-4-11(14)7-10(13)8-16-6-2-3-12(15)9-16/h4-5,7,12H,2-3,6,8-9,15H2,1H3/t12-/m1/s1. The minimum atomic E-state index is -0.220. The number of benzene rings is 1. The summed E-state index contributed by atoms with van der Waals surface area (Å²) in [4.78, 5) is 2.26. The SMILES string of the molecule is COc1ccc(F)cc1CN1CCC[C@@H](N)C1. The molecule has 3 nitrogen and oxygen atoms in total. The fraction of sp³-hybridized carbons (Fsp3) is 0.538. The molecule has 0 bridgehead atoms. The molecule has 1 atom stereocenters. The van der Waals surface area contributed by atoms with Gasteiger partial charge in [0.25, 0.3) is 0 Å². The summed E-state index contributed by atoms with van der Waals surface area (Å²) in [7, 11) is 1.61. The van der Waals surface area contributed by atoms with Crippen LogP contribution in [-0.2, 0) is 6.54 Å². The van der Waals surface area contributed by atoms with E-state index in [0.29, 0.717) is 6.54 Å². The number of likely N-dealkylation sites (tertiary alicyclic amines) is 1. The van der Waals surface area contributed by atoms with Gasteiger partial charge in [-0.2, -0.15) is 0 Å². The lowest BCUT2D eigenvalue weighted by Crippen LogP contribution is -2.42. The quantitative estimate of drug-likeness (QED) is 0.872. The van der Waals surface area contributed by atoms with Gasteiger partial charge in [0.05, 0.1) is 7.11 Å². The lowest BCUT2D eigenvalue weighted by Gasteiger charge is -2.31. The Morgan fingerprint density at radius 3 is 3.06 bits per heavy atom. The van der Waals surface area contributed by atoms with Crippen molar-refractivity contribution in [3.05, 3.63) is 29.6 Å². The third kappa shape index (κ3) is 3.17. The summed E-state index contributed by atoms with van der Waals surface area (Å²) in [5.74, 6) is 0.521. The third-order valence-corrected chi connectivity index (χ3v) is 3.18. The third-order valence-electron chi connectivity index (χ3n) is 3.18. The van der Waals surface area contributed by atoms with Crippen LogP contribution in [0.4, 0.5) is 4.39 Å². The van der Waals surface area contributed by atoms with Gasteiger partial charge in [0, 0.05) is 24.7 Å². The van der Waals surface area contributed by atoms with Crippen LogP contribution in [0.3, 0.4) is 0 Å². The maximum atomic E-state index is 13.2. The molecule has 1 aliphatic rings. The van der Waals surface area contributed by atoms with Crippen molar-refractivity contribution < 1.29 is 9.13 Å². The van der Waals surface area contributed by atoms with E-state index in [1.54, 1.807) is 19.2 Å². The Kier molecular flexibility index (Phi) is 3.97. The number of hydrogen-bond acceptors (Lipinski definition) is 3. The summed E-state index contributed by atoms with van der Waals surface area (Å²) in [5.41, 5.74) is 6.82. The molecule has 0 unspecified atom stereocenters. The molecule has 1 aromatic rings. The van der Waals surface area contributed by atoms with Crippen LogP contribution >= 0.6 is 0 Å². The Bertz CT molecular complexity index is 384. The van der Waals surface area contributed by atoms with E-state index in [4.69, 9.17) is 10.5 Å². The molecule has 0 spiro atoms. The van der Waals surface area contributed by atoms with Crippen molar-refractivity contribution in [3.8, 4) is 5.75 Å². The lowest BCUT2D eigenvalue weighted by atomic mass is 10.1. The summed E-state index contributed by atoms with van der Waals surface area (Å²) in [6, 6.07) is 4.88. The minimum absolute atomic E-state index is 0.220. The van der Waals surface area contributed by atoms with Crippen molar-refractivity contribution in [1.29, 1.82) is 0 Å². The van der Waals surface area contributed by atoms with Gasteiger partial charge in [-0.15, -0.1) is 0 Å². The summed E-state index contributed by atoms with van der Waals surface area (Å²) in [6.07, 6.45) is 2.19. The molecule has 1 heterocycles. The molecule has 1 saturated heterocycles. The number of rotatable bonds is 3. The number of nitrogens with zero attached hydrogens (tertiary/aromatic N) is 1. The summed E-state index contributed by atoms with van der Waals surface area (Å²) < 4.78 is 18.5. The second kappa shape index (κ2) is 5.47. The molecule has 1 aromatic carbocycles. The summed E-state index contributed by atoms with van der Waals surface area (Å²) in [5, 5.41) is 0. The number of nitrogens with two attached hydrogens (primary N) is 1. The van der Waals surface area contributed by atoms with Crippen LogP contribution in [0, 0.1) is 5.82 Å². The van der Waals surface area contributed by atoms with E-state index in [-0.39, 0.29) is 11.9 Å². The van der Waals surface area contributed by atoms with Crippen molar-refractivity contribution in [2.24, 2.45) is 5.73 Å². The topological polar surface area (TPSA) is 38.5 Å². The molecular formula is C13H19FN2O. The lowest BCUT2D eigenvalue weighted by molar-refractivity contribution is 0.199. The summed E-state index contributed by atoms with van der Waals surface area (Å²) in [6.45, 7) is 2.60. The van der Waals surface area contributed by atoms with E-state index in [2.05, 4.69) is 4.90 Å². The second-order valence-corrected chi connectivity index (χ2v) is 4.59.